The zero-order valence-electron chi connectivity index (χ0n) is 14.3. The summed E-state index contributed by atoms with van der Waals surface area (Å²) in [6.07, 6.45) is 4.09. The van der Waals surface area contributed by atoms with Gasteiger partial charge in [-0.15, -0.1) is 0 Å². The van der Waals surface area contributed by atoms with Crippen molar-refractivity contribution < 1.29 is 23.9 Å². The van der Waals surface area contributed by atoms with Gasteiger partial charge in [0.2, 0.25) is 0 Å². The summed E-state index contributed by atoms with van der Waals surface area (Å²) >= 11 is 0. The molecule has 0 bridgehead atoms. The van der Waals surface area contributed by atoms with Crippen LogP contribution in [0.25, 0.3) is 6.08 Å². The van der Waals surface area contributed by atoms with Gasteiger partial charge in [0.15, 0.2) is 6.61 Å². The maximum Gasteiger partial charge on any atom is 0.331 e. The summed E-state index contributed by atoms with van der Waals surface area (Å²) in [5, 5.41) is 0. The van der Waals surface area contributed by atoms with Crippen LogP contribution in [-0.4, -0.2) is 49.0 Å². The highest BCUT2D eigenvalue weighted by molar-refractivity contribution is 5.89. The smallest absolute Gasteiger partial charge is 0.331 e. The van der Waals surface area contributed by atoms with Gasteiger partial charge in [-0.1, -0.05) is 30.3 Å². The molecule has 0 aromatic heterocycles. The van der Waals surface area contributed by atoms with E-state index in [0.29, 0.717) is 32.5 Å². The lowest BCUT2D eigenvalue weighted by atomic mass is 9.97. The fraction of sp³-hybridized carbons (Fsp3) is 0.421. The number of carbonyl (C=O) groups excluding carboxylic acids is 3. The Morgan fingerprint density at radius 1 is 1.12 bits per heavy atom. The molecule has 6 nitrogen and oxygen atoms in total. The number of ether oxygens (including phenoxy) is 2. The third-order valence-electron chi connectivity index (χ3n) is 4.02. The highest BCUT2D eigenvalue weighted by Gasteiger charge is 2.28. The number of hydrogen-bond acceptors (Lipinski definition) is 5. The van der Waals surface area contributed by atoms with Crippen molar-refractivity contribution in [3.63, 3.8) is 0 Å². The van der Waals surface area contributed by atoms with Gasteiger partial charge < -0.3 is 14.4 Å². The number of likely N-dealkylation sites (tertiary alicyclic amines) is 1. The molecule has 1 saturated heterocycles. The third kappa shape index (κ3) is 6.06. The Kier molecular flexibility index (Phi) is 7.19. The van der Waals surface area contributed by atoms with Crippen molar-refractivity contribution in [2.45, 2.75) is 19.8 Å². The van der Waals surface area contributed by atoms with E-state index >= 15 is 0 Å². The predicted octanol–water partition coefficient (Wildman–Crippen LogP) is 2.04. The predicted molar refractivity (Wildman–Crippen MR) is 92.4 cm³/mol. The highest BCUT2D eigenvalue weighted by Crippen LogP contribution is 2.18. The summed E-state index contributed by atoms with van der Waals surface area (Å²) in [6.45, 7) is 2.79. The molecule has 0 unspecified atom stereocenters. The molecule has 0 saturated carbocycles. The van der Waals surface area contributed by atoms with E-state index in [4.69, 9.17) is 9.47 Å². The summed E-state index contributed by atoms with van der Waals surface area (Å²) in [7, 11) is 0. The van der Waals surface area contributed by atoms with Gasteiger partial charge in [-0.2, -0.15) is 0 Å². The number of rotatable bonds is 6. The van der Waals surface area contributed by atoms with Gasteiger partial charge in [0, 0.05) is 19.2 Å². The summed E-state index contributed by atoms with van der Waals surface area (Å²) in [6, 6.07) is 9.35. The summed E-state index contributed by atoms with van der Waals surface area (Å²) in [4.78, 5) is 37.1. The van der Waals surface area contributed by atoms with E-state index in [2.05, 4.69) is 0 Å². The van der Waals surface area contributed by atoms with Crippen LogP contribution in [-0.2, 0) is 23.9 Å². The molecule has 1 amide bonds. The molecular weight excluding hydrogens is 322 g/mol. The first-order valence-electron chi connectivity index (χ1n) is 8.44. The molecule has 1 aliphatic rings. The first-order chi connectivity index (χ1) is 12.1. The van der Waals surface area contributed by atoms with Crippen molar-refractivity contribution in [2.24, 2.45) is 5.92 Å². The number of nitrogens with zero attached hydrogens (tertiary/aromatic N) is 1. The molecule has 0 aliphatic carbocycles. The Labute approximate surface area is 147 Å². The van der Waals surface area contributed by atoms with Gasteiger partial charge >= 0.3 is 11.9 Å². The van der Waals surface area contributed by atoms with Crippen molar-refractivity contribution >= 4 is 23.9 Å². The molecular formula is C19H23NO5. The number of amides is 1. The van der Waals surface area contributed by atoms with Gasteiger partial charge in [0.1, 0.15) is 0 Å². The fourth-order valence-electron chi connectivity index (χ4n) is 2.63. The Balaban J connectivity index is 1.71. The summed E-state index contributed by atoms with van der Waals surface area (Å²) in [5.74, 6) is -1.16. The minimum absolute atomic E-state index is 0.152. The molecule has 25 heavy (non-hydrogen) atoms. The number of piperidine rings is 1. The van der Waals surface area contributed by atoms with E-state index in [1.165, 1.54) is 6.08 Å². The molecule has 0 radical (unpaired) electrons. The number of esters is 2. The monoisotopic (exact) mass is 345 g/mol. The Morgan fingerprint density at radius 3 is 2.44 bits per heavy atom. The maximum atomic E-state index is 12.1. The lowest BCUT2D eigenvalue weighted by Crippen LogP contribution is -2.42. The van der Waals surface area contributed by atoms with E-state index in [1.807, 2.05) is 30.3 Å². The van der Waals surface area contributed by atoms with Gasteiger partial charge in [-0.05, 0) is 31.4 Å². The van der Waals surface area contributed by atoms with E-state index in [-0.39, 0.29) is 24.4 Å². The average molecular weight is 345 g/mol. The molecule has 0 atom stereocenters. The van der Waals surface area contributed by atoms with Crippen LogP contribution in [0.15, 0.2) is 36.4 Å². The van der Waals surface area contributed by atoms with Crippen LogP contribution >= 0.6 is 0 Å². The van der Waals surface area contributed by atoms with E-state index < -0.39 is 5.97 Å². The van der Waals surface area contributed by atoms with Gasteiger partial charge in [-0.3, -0.25) is 9.59 Å². The number of benzene rings is 1. The summed E-state index contributed by atoms with van der Waals surface area (Å²) in [5.41, 5.74) is 0.881. The first kappa shape index (κ1) is 18.7. The van der Waals surface area contributed by atoms with Crippen LogP contribution in [0.3, 0.4) is 0 Å². The quantitative estimate of drug-likeness (QED) is 0.583. The van der Waals surface area contributed by atoms with Gasteiger partial charge in [-0.25, -0.2) is 4.79 Å². The highest BCUT2D eigenvalue weighted by atomic mass is 16.5. The molecule has 1 fully saturated rings. The molecule has 1 aromatic rings. The Morgan fingerprint density at radius 2 is 1.80 bits per heavy atom. The molecule has 0 N–H and O–H groups in total. The van der Waals surface area contributed by atoms with E-state index in [1.54, 1.807) is 17.9 Å². The second-order valence-electron chi connectivity index (χ2n) is 5.76. The molecule has 2 rings (SSSR count). The first-order valence-corrected chi connectivity index (χ1v) is 8.44. The van der Waals surface area contributed by atoms with Gasteiger partial charge in [0.05, 0.1) is 12.5 Å². The lowest BCUT2D eigenvalue weighted by Gasteiger charge is -2.30. The van der Waals surface area contributed by atoms with Crippen LogP contribution in [0.1, 0.15) is 25.3 Å². The van der Waals surface area contributed by atoms with Crippen molar-refractivity contribution in [2.75, 3.05) is 26.3 Å². The number of carbonyl (C=O) groups is 3. The maximum absolute atomic E-state index is 12.1. The molecule has 1 heterocycles. The van der Waals surface area contributed by atoms with E-state index in [0.717, 1.165) is 5.56 Å². The zero-order valence-corrected chi connectivity index (χ0v) is 14.3. The Hall–Kier alpha value is -2.63. The number of hydrogen-bond donors (Lipinski definition) is 0. The minimum Gasteiger partial charge on any atom is -0.466 e. The third-order valence-corrected chi connectivity index (χ3v) is 4.02. The molecule has 1 aliphatic heterocycles. The fourth-order valence-corrected chi connectivity index (χ4v) is 2.63. The Bertz CT molecular complexity index is 618. The molecule has 1 aromatic carbocycles. The molecule has 134 valence electrons. The zero-order chi connectivity index (χ0) is 18.1. The molecule has 6 heteroatoms. The topological polar surface area (TPSA) is 72.9 Å². The standard InChI is InChI=1S/C19H23NO5/c1-2-24-19(23)16-10-12-20(13-11-16)17(21)14-25-18(22)9-8-15-6-4-3-5-7-15/h3-9,16H,2,10-14H2,1H3/b9-8+. The minimum atomic E-state index is -0.557. The van der Waals surface area contributed by atoms with E-state index in [9.17, 15) is 14.4 Å². The normalized spacial score (nSPS) is 15.2. The van der Waals surface area contributed by atoms with Crippen molar-refractivity contribution in [3.8, 4) is 0 Å². The van der Waals surface area contributed by atoms with Crippen molar-refractivity contribution in [1.82, 2.24) is 4.90 Å². The van der Waals surface area contributed by atoms with Crippen LogP contribution < -0.4 is 0 Å². The lowest BCUT2D eigenvalue weighted by molar-refractivity contribution is -0.153. The molecule has 0 spiro atoms. The summed E-state index contributed by atoms with van der Waals surface area (Å²) < 4.78 is 9.98. The van der Waals surface area contributed by atoms with Crippen LogP contribution in [0.5, 0.6) is 0 Å². The average Bonchev–Trinajstić information content (AvgIpc) is 2.65. The second kappa shape index (κ2) is 9.61. The van der Waals surface area contributed by atoms with Crippen LogP contribution in [0, 0.1) is 5.92 Å². The van der Waals surface area contributed by atoms with Crippen molar-refractivity contribution in [1.29, 1.82) is 0 Å². The van der Waals surface area contributed by atoms with Crippen molar-refractivity contribution in [3.05, 3.63) is 42.0 Å². The second-order valence-corrected chi connectivity index (χ2v) is 5.76. The van der Waals surface area contributed by atoms with Crippen LogP contribution in [0.2, 0.25) is 0 Å². The van der Waals surface area contributed by atoms with Gasteiger partial charge in [0.25, 0.3) is 5.91 Å². The van der Waals surface area contributed by atoms with Crippen LogP contribution in [0.4, 0.5) is 0 Å². The largest absolute Gasteiger partial charge is 0.466 e. The SMILES string of the molecule is CCOC(=O)C1CCN(C(=O)COC(=O)/C=C/c2ccccc2)CC1.